The highest BCUT2D eigenvalue weighted by molar-refractivity contribution is 6.35. The molecule has 0 saturated heterocycles. The Kier molecular flexibility index (Phi) is 4.68. The largest absolute Gasteiger partial charge is 0.382 e. The molecule has 0 fully saturated rings. The third-order valence-corrected chi connectivity index (χ3v) is 4.91. The van der Waals surface area contributed by atoms with Crippen molar-refractivity contribution in [3.05, 3.63) is 81.6 Å². The van der Waals surface area contributed by atoms with E-state index in [1.807, 2.05) is 0 Å². The lowest BCUT2D eigenvalue weighted by atomic mass is 10.1. The minimum absolute atomic E-state index is 0.282. The number of rotatable bonds is 4. The summed E-state index contributed by atoms with van der Waals surface area (Å²) in [6.07, 6.45) is 2.05. The maximum atomic E-state index is 13.1. The van der Waals surface area contributed by atoms with Crippen molar-refractivity contribution in [2.75, 3.05) is 5.73 Å². The maximum absolute atomic E-state index is 13.1. The Morgan fingerprint density at radius 2 is 1.70 bits per heavy atom. The van der Waals surface area contributed by atoms with Crippen LogP contribution in [0.3, 0.4) is 0 Å². The van der Waals surface area contributed by atoms with Crippen LogP contribution >= 0.6 is 23.2 Å². The first kappa shape index (κ1) is 17.7. The molecule has 0 aromatic heterocycles. The van der Waals surface area contributed by atoms with Crippen LogP contribution < -0.4 is 5.73 Å². The molecule has 0 aliphatic carbocycles. The van der Waals surface area contributed by atoms with Crippen LogP contribution in [0.2, 0.25) is 10.0 Å². The van der Waals surface area contributed by atoms with Gasteiger partial charge in [0.1, 0.15) is 11.6 Å². The van der Waals surface area contributed by atoms with E-state index in [-0.39, 0.29) is 5.82 Å². The van der Waals surface area contributed by atoms with Crippen molar-refractivity contribution in [3.8, 4) is 11.5 Å². The standard InChI is InChI=1S/C19H14Cl2FN5/c20-14-2-1-3-15(21)13(14)9-27-10-24-18(23)17-19(27)26-16(25-17)8-11-4-6-12(22)7-5-11/h1-7,10H,8-9,23H2. The molecule has 0 spiro atoms. The lowest BCUT2D eigenvalue weighted by Gasteiger charge is -2.13. The minimum Gasteiger partial charge on any atom is -0.382 e. The normalized spacial score (nSPS) is 11.2. The molecule has 5 nitrogen and oxygen atoms in total. The number of nitrogens with two attached hydrogens (primary N) is 1. The van der Waals surface area contributed by atoms with Gasteiger partial charge >= 0.3 is 0 Å². The molecule has 0 atom stereocenters. The van der Waals surface area contributed by atoms with E-state index in [4.69, 9.17) is 28.9 Å². The SMILES string of the molecule is Nc1ncn(Cc2c(Cl)cccc2Cl)c2nc(Cc3ccc(F)cc3)nc1-2. The van der Waals surface area contributed by atoms with Gasteiger partial charge in [0, 0.05) is 22.0 Å². The van der Waals surface area contributed by atoms with Crippen LogP contribution in [-0.4, -0.2) is 19.5 Å². The zero-order valence-electron chi connectivity index (χ0n) is 14.0. The summed E-state index contributed by atoms with van der Waals surface area (Å²) >= 11 is 12.6. The summed E-state index contributed by atoms with van der Waals surface area (Å²) in [7, 11) is 0. The van der Waals surface area contributed by atoms with Crippen molar-refractivity contribution in [1.82, 2.24) is 19.5 Å². The Labute approximate surface area is 165 Å². The Morgan fingerprint density at radius 1 is 1.00 bits per heavy atom. The van der Waals surface area contributed by atoms with Crippen LogP contribution in [-0.2, 0) is 13.0 Å². The second kappa shape index (κ2) is 7.13. The number of nitrogens with zero attached hydrogens (tertiary/aromatic N) is 4. The van der Waals surface area contributed by atoms with Crippen LogP contribution in [0.4, 0.5) is 10.2 Å². The predicted octanol–water partition coefficient (Wildman–Crippen LogP) is 4.45. The van der Waals surface area contributed by atoms with Crippen molar-refractivity contribution in [2.45, 2.75) is 13.0 Å². The first-order valence-electron chi connectivity index (χ1n) is 8.16. The van der Waals surface area contributed by atoms with Crippen LogP contribution in [0.5, 0.6) is 0 Å². The number of fused-ring (bicyclic) bond motifs is 1. The molecule has 0 unspecified atom stereocenters. The van der Waals surface area contributed by atoms with Crippen LogP contribution in [0.25, 0.3) is 11.5 Å². The second-order valence-electron chi connectivity index (χ2n) is 6.07. The summed E-state index contributed by atoms with van der Waals surface area (Å²) in [5.74, 6) is 1.19. The van der Waals surface area contributed by atoms with Gasteiger partial charge in [-0.3, -0.25) is 0 Å². The monoisotopic (exact) mass is 401 g/mol. The molecule has 0 bridgehead atoms. The molecule has 2 heterocycles. The number of hydrogen-bond acceptors (Lipinski definition) is 4. The fourth-order valence-corrected chi connectivity index (χ4v) is 3.35. The summed E-state index contributed by atoms with van der Waals surface area (Å²) < 4.78 is 14.9. The van der Waals surface area contributed by atoms with E-state index in [2.05, 4.69) is 15.0 Å². The van der Waals surface area contributed by atoms with Gasteiger partial charge in [-0.05, 0) is 29.8 Å². The third kappa shape index (κ3) is 3.59. The second-order valence-corrected chi connectivity index (χ2v) is 6.89. The number of aromatic nitrogens is 4. The average molecular weight is 402 g/mol. The molecule has 2 aromatic rings. The number of benzene rings is 2. The van der Waals surface area contributed by atoms with Gasteiger partial charge < -0.3 is 10.3 Å². The van der Waals surface area contributed by atoms with E-state index in [1.54, 1.807) is 41.2 Å². The zero-order valence-corrected chi connectivity index (χ0v) is 15.5. The topological polar surface area (TPSA) is 69.6 Å². The predicted molar refractivity (Wildman–Crippen MR) is 104 cm³/mol. The molecule has 2 aliphatic heterocycles. The number of hydrogen-bond donors (Lipinski definition) is 1. The van der Waals surface area contributed by atoms with Gasteiger partial charge in [0.25, 0.3) is 0 Å². The minimum atomic E-state index is -0.282. The molecular weight excluding hydrogens is 388 g/mol. The Hall–Kier alpha value is -2.70. The average Bonchev–Trinajstić information content (AvgIpc) is 3.07. The molecule has 2 N–H and O–H groups in total. The molecular formula is C19H14Cl2FN5. The Morgan fingerprint density at radius 3 is 2.41 bits per heavy atom. The van der Waals surface area contributed by atoms with E-state index in [0.29, 0.717) is 46.2 Å². The summed E-state index contributed by atoms with van der Waals surface area (Å²) in [4.78, 5) is 13.3. The van der Waals surface area contributed by atoms with Crippen molar-refractivity contribution < 1.29 is 4.39 Å². The van der Waals surface area contributed by atoms with Crippen molar-refractivity contribution >= 4 is 29.0 Å². The van der Waals surface area contributed by atoms with Gasteiger partial charge in [0.05, 0.1) is 12.9 Å². The number of anilines is 1. The van der Waals surface area contributed by atoms with E-state index in [0.717, 1.165) is 11.1 Å². The van der Waals surface area contributed by atoms with Crippen LogP contribution in [0, 0.1) is 5.82 Å². The first-order chi connectivity index (χ1) is 13.0. The zero-order chi connectivity index (χ0) is 19.0. The van der Waals surface area contributed by atoms with Crippen molar-refractivity contribution in [2.24, 2.45) is 0 Å². The first-order valence-corrected chi connectivity index (χ1v) is 8.91. The Balaban J connectivity index is 1.71. The molecule has 2 aliphatic rings. The fraction of sp³-hybridized carbons (Fsp3) is 0.105. The van der Waals surface area contributed by atoms with Crippen LogP contribution in [0.15, 0.2) is 48.8 Å². The van der Waals surface area contributed by atoms with E-state index >= 15 is 0 Å². The highest BCUT2D eigenvalue weighted by Gasteiger charge is 2.20. The van der Waals surface area contributed by atoms with Gasteiger partial charge in [-0.1, -0.05) is 41.4 Å². The fourth-order valence-electron chi connectivity index (χ4n) is 2.83. The highest BCUT2D eigenvalue weighted by Crippen LogP contribution is 2.29. The van der Waals surface area contributed by atoms with Crippen molar-refractivity contribution in [1.29, 1.82) is 0 Å². The molecule has 2 aromatic carbocycles. The summed E-state index contributed by atoms with van der Waals surface area (Å²) in [5, 5.41) is 1.12. The number of halogens is 3. The molecule has 0 amide bonds. The van der Waals surface area contributed by atoms with Gasteiger partial charge in [-0.2, -0.15) is 0 Å². The molecule has 0 saturated carbocycles. The van der Waals surface area contributed by atoms with E-state index in [9.17, 15) is 4.39 Å². The van der Waals surface area contributed by atoms with Gasteiger partial charge in [-0.15, -0.1) is 0 Å². The third-order valence-electron chi connectivity index (χ3n) is 4.20. The summed E-state index contributed by atoms with van der Waals surface area (Å²) in [6.45, 7) is 0.386. The van der Waals surface area contributed by atoms with Gasteiger partial charge in [0.15, 0.2) is 17.3 Å². The van der Waals surface area contributed by atoms with Crippen molar-refractivity contribution in [3.63, 3.8) is 0 Å². The lowest BCUT2D eigenvalue weighted by Crippen LogP contribution is -2.09. The van der Waals surface area contributed by atoms with Gasteiger partial charge in [0.2, 0.25) is 0 Å². The number of imidazole rings is 1. The maximum Gasteiger partial charge on any atom is 0.166 e. The number of nitrogen functional groups attached to an aromatic ring is 1. The molecule has 27 heavy (non-hydrogen) atoms. The smallest absolute Gasteiger partial charge is 0.166 e. The van der Waals surface area contributed by atoms with Gasteiger partial charge in [-0.25, -0.2) is 19.3 Å². The van der Waals surface area contributed by atoms with Crippen LogP contribution in [0.1, 0.15) is 17.0 Å². The highest BCUT2D eigenvalue weighted by atomic mass is 35.5. The lowest BCUT2D eigenvalue weighted by molar-refractivity contribution is 0.627. The Bertz CT molecular complexity index is 1060. The van der Waals surface area contributed by atoms with E-state index < -0.39 is 0 Å². The quantitative estimate of drug-likeness (QED) is 0.548. The summed E-state index contributed by atoms with van der Waals surface area (Å²) in [5.41, 5.74) is 8.16. The molecule has 8 heteroatoms. The molecule has 136 valence electrons. The molecule has 0 radical (unpaired) electrons. The summed E-state index contributed by atoms with van der Waals surface area (Å²) in [6, 6.07) is 11.6. The molecule has 4 rings (SSSR count). The van der Waals surface area contributed by atoms with E-state index in [1.165, 1.54) is 12.1 Å².